The molecule has 1 aliphatic rings. The van der Waals surface area contributed by atoms with E-state index in [1.54, 1.807) is 14.2 Å². The lowest BCUT2D eigenvalue weighted by Crippen LogP contribution is -2.27. The Hall–Kier alpha value is -3.11. The second-order valence-electron chi connectivity index (χ2n) is 10.0. The molecule has 0 bridgehead atoms. The third kappa shape index (κ3) is 7.30. The molecular weight excluding hydrogens is 562 g/mol. The van der Waals surface area contributed by atoms with Gasteiger partial charge in [0.15, 0.2) is 5.82 Å². The number of nitrogens with zero attached hydrogens (tertiary/aromatic N) is 3. The Morgan fingerprint density at radius 1 is 1.26 bits per heavy atom. The molecule has 2 atom stereocenters. The number of hydrogen-bond donors (Lipinski definition) is 3. The molecule has 0 aliphatic heterocycles. The van der Waals surface area contributed by atoms with E-state index in [1.807, 2.05) is 24.4 Å². The number of carboxylic acids is 1. The Labute approximate surface area is 237 Å². The van der Waals surface area contributed by atoms with Crippen LogP contribution in [0.25, 0.3) is 11.6 Å². The highest BCUT2D eigenvalue weighted by molar-refractivity contribution is 9.10. The first kappa shape index (κ1) is 28.9. The molecule has 3 aromatic rings. The summed E-state index contributed by atoms with van der Waals surface area (Å²) >= 11 is 3.72. The number of nitrogens with two attached hydrogens (primary N) is 1. The first-order valence-electron chi connectivity index (χ1n) is 13.6. The van der Waals surface area contributed by atoms with E-state index in [0.29, 0.717) is 13.0 Å². The first-order chi connectivity index (χ1) is 18.9. The topological polar surface area (TPSA) is 124 Å². The molecule has 39 heavy (non-hydrogen) atoms. The minimum atomic E-state index is -0.737. The van der Waals surface area contributed by atoms with Gasteiger partial charge in [-0.1, -0.05) is 18.9 Å². The van der Waals surface area contributed by atoms with Gasteiger partial charge in [0.05, 0.1) is 26.1 Å². The molecule has 2 heterocycles. The number of fused-ring (bicyclic) bond motifs is 1. The maximum atomic E-state index is 10.7. The zero-order valence-corrected chi connectivity index (χ0v) is 24.2. The number of allylic oxidation sites excluding steroid dienone is 1. The van der Waals surface area contributed by atoms with Crippen molar-refractivity contribution in [1.82, 2.24) is 14.4 Å². The van der Waals surface area contributed by atoms with Crippen molar-refractivity contribution in [2.75, 3.05) is 19.5 Å². The van der Waals surface area contributed by atoms with Crippen molar-refractivity contribution < 1.29 is 19.4 Å². The molecular formula is C29H38BrN5O4. The second kappa shape index (κ2) is 13.8. The number of aromatic nitrogens is 3. The molecule has 1 saturated carbocycles. The van der Waals surface area contributed by atoms with E-state index in [4.69, 9.17) is 30.3 Å². The summed E-state index contributed by atoms with van der Waals surface area (Å²) in [6, 6.07) is 5.95. The van der Waals surface area contributed by atoms with Crippen molar-refractivity contribution >= 4 is 39.3 Å². The fraction of sp³-hybridized carbons (Fsp3) is 0.483. The normalized spacial score (nSPS) is 17.5. The number of hydrogen-bond acceptors (Lipinski definition) is 7. The van der Waals surface area contributed by atoms with E-state index in [2.05, 4.69) is 37.8 Å². The lowest BCUT2D eigenvalue weighted by Gasteiger charge is -2.26. The third-order valence-corrected chi connectivity index (χ3v) is 7.79. The number of nitrogens with one attached hydrogen (secondary N) is 1. The largest absolute Gasteiger partial charge is 0.497 e. The van der Waals surface area contributed by atoms with Crippen LogP contribution < -0.4 is 20.5 Å². The molecule has 10 heteroatoms. The summed E-state index contributed by atoms with van der Waals surface area (Å²) in [5, 5.41) is 12.3. The first-order valence-corrected chi connectivity index (χ1v) is 14.4. The van der Waals surface area contributed by atoms with Gasteiger partial charge >= 0.3 is 5.97 Å². The predicted molar refractivity (Wildman–Crippen MR) is 156 cm³/mol. The smallest absolute Gasteiger partial charge is 0.303 e. The summed E-state index contributed by atoms with van der Waals surface area (Å²) in [5.74, 6) is 2.74. The summed E-state index contributed by atoms with van der Waals surface area (Å²) in [4.78, 5) is 20.5. The van der Waals surface area contributed by atoms with Crippen LogP contribution in [-0.2, 0) is 11.3 Å². The summed E-state index contributed by atoms with van der Waals surface area (Å²) in [6.45, 7) is 0.516. The minimum Gasteiger partial charge on any atom is -0.497 e. The third-order valence-electron chi connectivity index (χ3n) is 7.24. The number of rotatable bonds is 13. The summed E-state index contributed by atoms with van der Waals surface area (Å²) in [5.41, 5.74) is 9.18. The van der Waals surface area contributed by atoms with Gasteiger partial charge in [-0.2, -0.15) is 0 Å². The van der Waals surface area contributed by atoms with Crippen molar-refractivity contribution in [3.05, 3.63) is 52.2 Å². The van der Waals surface area contributed by atoms with Gasteiger partial charge in [0.25, 0.3) is 0 Å². The fourth-order valence-electron chi connectivity index (χ4n) is 5.20. The molecule has 1 fully saturated rings. The molecule has 1 aromatic carbocycles. The van der Waals surface area contributed by atoms with E-state index in [0.717, 1.165) is 89.5 Å². The molecule has 0 spiro atoms. The zero-order valence-electron chi connectivity index (χ0n) is 22.7. The number of carboxylic acid groups (broad SMARTS) is 1. The monoisotopic (exact) mass is 599 g/mol. The summed E-state index contributed by atoms with van der Waals surface area (Å²) in [6.07, 6.45) is 13.8. The van der Waals surface area contributed by atoms with Crippen LogP contribution in [0, 0.1) is 0 Å². The van der Waals surface area contributed by atoms with Crippen molar-refractivity contribution in [3.8, 4) is 11.5 Å². The van der Waals surface area contributed by atoms with Gasteiger partial charge in [0, 0.05) is 36.6 Å². The quantitative estimate of drug-likeness (QED) is 0.200. The molecule has 0 amide bonds. The number of imidazole rings is 1. The van der Waals surface area contributed by atoms with Crippen LogP contribution in [0.4, 0.5) is 5.82 Å². The van der Waals surface area contributed by atoms with Crippen LogP contribution in [-0.4, -0.2) is 45.7 Å². The number of anilines is 1. The Balaban J connectivity index is 1.62. The van der Waals surface area contributed by atoms with Crippen LogP contribution in [0.2, 0.25) is 0 Å². The molecule has 1 aliphatic carbocycles. The fourth-order valence-corrected chi connectivity index (χ4v) is 5.75. The van der Waals surface area contributed by atoms with Gasteiger partial charge in [0.2, 0.25) is 0 Å². The van der Waals surface area contributed by atoms with Crippen LogP contribution in [0.15, 0.2) is 35.1 Å². The molecule has 2 aromatic heterocycles. The van der Waals surface area contributed by atoms with E-state index in [-0.39, 0.29) is 18.4 Å². The molecule has 9 nitrogen and oxygen atoms in total. The van der Waals surface area contributed by atoms with E-state index in [1.165, 1.54) is 0 Å². The highest BCUT2D eigenvalue weighted by Crippen LogP contribution is 2.37. The number of methoxy groups -OCH3 is 2. The van der Waals surface area contributed by atoms with Gasteiger partial charge in [-0.05, 0) is 72.7 Å². The lowest BCUT2D eigenvalue weighted by molar-refractivity contribution is -0.137. The highest BCUT2D eigenvalue weighted by atomic mass is 79.9. The van der Waals surface area contributed by atoms with Gasteiger partial charge in [-0.3, -0.25) is 9.20 Å². The van der Waals surface area contributed by atoms with Crippen LogP contribution in [0.1, 0.15) is 80.8 Å². The average molecular weight is 601 g/mol. The second-order valence-corrected chi connectivity index (χ2v) is 10.8. The van der Waals surface area contributed by atoms with Crippen molar-refractivity contribution in [3.63, 3.8) is 0 Å². The molecule has 210 valence electrons. The standard InChI is InChI=1S/C29H38BrN5O4/c1-38-23-14-13-20(24(16-23)39-2)17-32-28-26-27(30)34-29(19-9-8-10-21(31)15-19)35(26)22(18-33-28)11-6-4-3-5-7-12-25(36)37/h6,11,13-14,16,18-19,21H,3-5,7-10,12,15,17,31H2,1-2H3,(H,32,33)(H,36,37)/b11-6+/t19-,21-/m1/s1. The maximum absolute atomic E-state index is 10.7. The Bertz CT molecular complexity index is 1310. The Morgan fingerprint density at radius 3 is 2.85 bits per heavy atom. The summed E-state index contributed by atoms with van der Waals surface area (Å²) in [7, 11) is 3.29. The predicted octanol–water partition coefficient (Wildman–Crippen LogP) is 6.15. The van der Waals surface area contributed by atoms with Crippen LogP contribution in [0.5, 0.6) is 11.5 Å². The molecule has 0 unspecified atom stereocenters. The average Bonchev–Trinajstić information content (AvgIpc) is 3.29. The van der Waals surface area contributed by atoms with Gasteiger partial charge in [-0.25, -0.2) is 9.97 Å². The summed E-state index contributed by atoms with van der Waals surface area (Å²) < 4.78 is 13.9. The van der Waals surface area contributed by atoms with E-state index >= 15 is 0 Å². The Kier molecular flexibility index (Phi) is 10.2. The van der Waals surface area contributed by atoms with Gasteiger partial charge in [-0.15, -0.1) is 0 Å². The van der Waals surface area contributed by atoms with Gasteiger partial charge in [0.1, 0.15) is 27.4 Å². The molecule has 4 N–H and O–H groups in total. The lowest BCUT2D eigenvalue weighted by atomic mass is 9.85. The molecule has 0 saturated heterocycles. The van der Waals surface area contributed by atoms with Crippen molar-refractivity contribution in [1.29, 1.82) is 0 Å². The molecule has 0 radical (unpaired) electrons. The number of unbranched alkanes of at least 4 members (excludes halogenated alkanes) is 3. The number of halogens is 1. The Morgan fingerprint density at radius 2 is 2.10 bits per heavy atom. The number of benzene rings is 1. The van der Waals surface area contributed by atoms with Crippen molar-refractivity contribution in [2.45, 2.75) is 76.3 Å². The van der Waals surface area contributed by atoms with E-state index < -0.39 is 5.97 Å². The van der Waals surface area contributed by atoms with Crippen LogP contribution in [0.3, 0.4) is 0 Å². The van der Waals surface area contributed by atoms with Gasteiger partial charge < -0.3 is 25.6 Å². The highest BCUT2D eigenvalue weighted by Gasteiger charge is 2.27. The van der Waals surface area contributed by atoms with E-state index in [9.17, 15) is 4.79 Å². The SMILES string of the molecule is COc1ccc(CNc2ncc(/C=C/CCCCCC(=O)O)n3c([C@@H]4CCC[C@@H](N)C4)nc(Br)c23)c(OC)c1. The van der Waals surface area contributed by atoms with Crippen molar-refractivity contribution in [2.24, 2.45) is 5.73 Å². The number of aliphatic carboxylic acids is 1. The maximum Gasteiger partial charge on any atom is 0.303 e. The van der Waals surface area contributed by atoms with Crippen LogP contribution >= 0.6 is 15.9 Å². The zero-order chi connectivity index (χ0) is 27.8. The number of ether oxygens (including phenoxy) is 2. The minimum absolute atomic E-state index is 0.182. The number of carbonyl (C=O) groups is 1. The molecule has 4 rings (SSSR count).